The van der Waals surface area contributed by atoms with E-state index in [1.807, 2.05) is 0 Å². The van der Waals surface area contributed by atoms with E-state index >= 15 is 0 Å². The smallest absolute Gasteiger partial charge is 0.323 e. The number of nitrogens with zero attached hydrogens (tertiary/aromatic N) is 1. The molecule has 19 heavy (non-hydrogen) atoms. The number of anilines is 2. The fourth-order valence-electron chi connectivity index (χ4n) is 1.74. The lowest BCUT2D eigenvalue weighted by molar-refractivity contribution is -0.140. The Hall–Kier alpha value is -2.24. The van der Waals surface area contributed by atoms with Crippen LogP contribution in [-0.4, -0.2) is 37.2 Å². The second-order valence-corrected chi connectivity index (χ2v) is 4.05. The summed E-state index contributed by atoms with van der Waals surface area (Å²) in [5.41, 5.74) is 7.01. The van der Waals surface area contributed by atoms with E-state index in [1.165, 1.54) is 7.11 Å². The molecule has 0 spiro atoms. The number of carbonyl (C=O) groups excluding carboxylic acids is 1. The maximum absolute atomic E-state index is 11.0. The van der Waals surface area contributed by atoms with Crippen LogP contribution < -0.4 is 10.6 Å². The van der Waals surface area contributed by atoms with Gasteiger partial charge in [0.05, 0.1) is 18.5 Å². The Morgan fingerprint density at radius 1 is 1.37 bits per heavy atom. The summed E-state index contributed by atoms with van der Waals surface area (Å²) in [5.74, 6) is -1.25. The number of para-hydroxylation sites is 2. The molecular weight excluding hydrogens is 248 g/mol. The number of hydrogen-bond acceptors (Lipinski definition) is 5. The monoisotopic (exact) mass is 266 g/mol. The highest BCUT2D eigenvalue weighted by Crippen LogP contribution is 2.22. The number of esters is 1. The lowest BCUT2D eigenvalue weighted by atomic mass is 10.2. The summed E-state index contributed by atoms with van der Waals surface area (Å²) >= 11 is 0. The van der Waals surface area contributed by atoms with E-state index < -0.39 is 5.97 Å². The third kappa shape index (κ3) is 4.87. The van der Waals surface area contributed by atoms with Gasteiger partial charge in [0.15, 0.2) is 0 Å². The summed E-state index contributed by atoms with van der Waals surface area (Å²) in [7, 11) is 1.33. The molecule has 0 fully saturated rings. The molecule has 0 unspecified atom stereocenters. The third-order valence-corrected chi connectivity index (χ3v) is 2.64. The summed E-state index contributed by atoms with van der Waals surface area (Å²) in [6.45, 7) is 0.269. The van der Waals surface area contributed by atoms with Gasteiger partial charge in [-0.2, -0.15) is 0 Å². The van der Waals surface area contributed by atoms with Crippen LogP contribution in [0.25, 0.3) is 0 Å². The van der Waals surface area contributed by atoms with Crippen molar-refractivity contribution in [2.24, 2.45) is 0 Å². The lowest BCUT2D eigenvalue weighted by Gasteiger charge is -2.24. The average molecular weight is 266 g/mol. The highest BCUT2D eigenvalue weighted by molar-refractivity contribution is 5.77. The number of carboxylic acids is 1. The molecule has 104 valence electrons. The van der Waals surface area contributed by atoms with E-state index in [9.17, 15) is 9.59 Å². The first-order valence-electron chi connectivity index (χ1n) is 5.92. The van der Waals surface area contributed by atoms with Crippen molar-refractivity contribution in [2.45, 2.75) is 12.8 Å². The Labute approximate surface area is 111 Å². The van der Waals surface area contributed by atoms with E-state index in [0.29, 0.717) is 24.3 Å². The molecule has 6 nitrogen and oxygen atoms in total. The first-order valence-corrected chi connectivity index (χ1v) is 5.92. The first kappa shape index (κ1) is 14.8. The van der Waals surface area contributed by atoms with E-state index in [1.54, 1.807) is 29.2 Å². The standard InChI is InChI=1S/C13H18N2O4/c1-19-13(18)7-4-8-15(9-12(16)17)11-6-3-2-5-10(11)14/h2-3,5-6H,4,7-9,14H2,1H3,(H,16,17). The number of benzene rings is 1. The Morgan fingerprint density at radius 2 is 2.05 bits per heavy atom. The first-order chi connectivity index (χ1) is 9.04. The maximum atomic E-state index is 11.0. The van der Waals surface area contributed by atoms with Crippen molar-refractivity contribution in [3.05, 3.63) is 24.3 Å². The van der Waals surface area contributed by atoms with Crippen LogP contribution in [-0.2, 0) is 14.3 Å². The van der Waals surface area contributed by atoms with Gasteiger partial charge in [-0.25, -0.2) is 0 Å². The van der Waals surface area contributed by atoms with E-state index in [0.717, 1.165) is 0 Å². The molecule has 0 saturated carbocycles. The van der Waals surface area contributed by atoms with Gasteiger partial charge in [0.1, 0.15) is 6.54 Å². The van der Waals surface area contributed by atoms with Crippen molar-refractivity contribution >= 4 is 23.3 Å². The summed E-state index contributed by atoms with van der Waals surface area (Å²) < 4.78 is 4.54. The number of rotatable bonds is 7. The highest BCUT2D eigenvalue weighted by atomic mass is 16.5. The van der Waals surface area contributed by atoms with Crippen LogP contribution >= 0.6 is 0 Å². The Balaban J connectivity index is 2.70. The molecule has 0 aliphatic heterocycles. The summed E-state index contributed by atoms with van der Waals surface area (Å²) in [5, 5.41) is 8.92. The van der Waals surface area contributed by atoms with Crippen LogP contribution in [0.1, 0.15) is 12.8 Å². The van der Waals surface area contributed by atoms with Gasteiger partial charge in [0.2, 0.25) is 0 Å². The minimum absolute atomic E-state index is 0.157. The number of nitrogens with two attached hydrogens (primary N) is 1. The van der Waals surface area contributed by atoms with E-state index in [4.69, 9.17) is 10.8 Å². The molecule has 1 aromatic carbocycles. The largest absolute Gasteiger partial charge is 0.480 e. The van der Waals surface area contributed by atoms with Gasteiger partial charge in [-0.05, 0) is 18.6 Å². The average Bonchev–Trinajstić information content (AvgIpc) is 2.37. The molecular formula is C13H18N2O4. The predicted molar refractivity (Wildman–Crippen MR) is 72.0 cm³/mol. The normalized spacial score (nSPS) is 9.95. The zero-order chi connectivity index (χ0) is 14.3. The number of hydrogen-bond donors (Lipinski definition) is 2. The van der Waals surface area contributed by atoms with Gasteiger partial charge in [-0.1, -0.05) is 12.1 Å². The van der Waals surface area contributed by atoms with Crippen LogP contribution in [0.2, 0.25) is 0 Å². The van der Waals surface area contributed by atoms with Gasteiger partial charge in [0.25, 0.3) is 0 Å². The number of carbonyl (C=O) groups is 2. The van der Waals surface area contributed by atoms with Gasteiger partial charge < -0.3 is 20.5 Å². The molecule has 0 heterocycles. The molecule has 6 heteroatoms. The number of methoxy groups -OCH3 is 1. The van der Waals surface area contributed by atoms with Crippen molar-refractivity contribution in [3.8, 4) is 0 Å². The molecule has 1 aromatic rings. The zero-order valence-electron chi connectivity index (χ0n) is 10.8. The number of carboxylic acid groups (broad SMARTS) is 1. The van der Waals surface area contributed by atoms with Crippen LogP contribution in [0.3, 0.4) is 0 Å². The van der Waals surface area contributed by atoms with Gasteiger partial charge in [0, 0.05) is 13.0 Å². The van der Waals surface area contributed by atoms with Crippen LogP contribution in [0.4, 0.5) is 11.4 Å². The quantitative estimate of drug-likeness (QED) is 0.567. The molecule has 0 saturated heterocycles. The van der Waals surface area contributed by atoms with Crippen LogP contribution in [0.5, 0.6) is 0 Å². The van der Waals surface area contributed by atoms with E-state index in [-0.39, 0.29) is 18.9 Å². The predicted octanol–water partition coefficient (Wildman–Crippen LogP) is 1.11. The second kappa shape index (κ2) is 7.25. The highest BCUT2D eigenvalue weighted by Gasteiger charge is 2.13. The molecule has 0 aliphatic carbocycles. The molecule has 0 aliphatic rings. The third-order valence-electron chi connectivity index (χ3n) is 2.64. The molecule has 0 radical (unpaired) electrons. The van der Waals surface area contributed by atoms with Gasteiger partial charge >= 0.3 is 11.9 Å². The van der Waals surface area contributed by atoms with Crippen molar-refractivity contribution in [2.75, 3.05) is 30.8 Å². The summed E-state index contributed by atoms with van der Waals surface area (Å²) in [4.78, 5) is 23.6. The summed E-state index contributed by atoms with van der Waals surface area (Å²) in [6.07, 6.45) is 0.758. The molecule has 1 rings (SSSR count). The fraction of sp³-hybridized carbons (Fsp3) is 0.385. The molecule has 0 bridgehead atoms. The number of ether oxygens (including phenoxy) is 1. The SMILES string of the molecule is COC(=O)CCCN(CC(=O)O)c1ccccc1N. The van der Waals surface area contributed by atoms with Crippen LogP contribution in [0.15, 0.2) is 24.3 Å². The second-order valence-electron chi connectivity index (χ2n) is 4.05. The van der Waals surface area contributed by atoms with Gasteiger partial charge in [-0.3, -0.25) is 9.59 Å². The number of nitrogen functional groups attached to an aromatic ring is 1. The van der Waals surface area contributed by atoms with Crippen molar-refractivity contribution in [3.63, 3.8) is 0 Å². The van der Waals surface area contributed by atoms with Crippen molar-refractivity contribution < 1.29 is 19.4 Å². The van der Waals surface area contributed by atoms with Crippen molar-refractivity contribution in [1.82, 2.24) is 0 Å². The van der Waals surface area contributed by atoms with Crippen LogP contribution in [0, 0.1) is 0 Å². The van der Waals surface area contributed by atoms with E-state index in [2.05, 4.69) is 4.74 Å². The zero-order valence-corrected chi connectivity index (χ0v) is 10.8. The topological polar surface area (TPSA) is 92.9 Å². The summed E-state index contributed by atoms with van der Waals surface area (Å²) in [6, 6.07) is 7.05. The number of aliphatic carboxylic acids is 1. The Bertz CT molecular complexity index is 448. The molecule has 3 N–H and O–H groups in total. The Morgan fingerprint density at radius 3 is 2.63 bits per heavy atom. The lowest BCUT2D eigenvalue weighted by Crippen LogP contribution is -2.31. The minimum atomic E-state index is -0.943. The molecule has 0 atom stereocenters. The van der Waals surface area contributed by atoms with Gasteiger partial charge in [-0.15, -0.1) is 0 Å². The fourth-order valence-corrected chi connectivity index (χ4v) is 1.74. The maximum Gasteiger partial charge on any atom is 0.323 e. The Kier molecular flexibility index (Phi) is 5.66. The minimum Gasteiger partial charge on any atom is -0.480 e. The van der Waals surface area contributed by atoms with Crippen molar-refractivity contribution in [1.29, 1.82) is 0 Å². The molecule has 0 aromatic heterocycles. The molecule has 0 amide bonds.